The molecule has 0 aromatic carbocycles. The van der Waals surface area contributed by atoms with E-state index < -0.39 is 0 Å². The molecule has 0 heterocycles. The van der Waals surface area contributed by atoms with Gasteiger partial charge in [-0.2, -0.15) is 0 Å². The van der Waals surface area contributed by atoms with Crippen LogP contribution in [0.2, 0.25) is 0 Å². The maximum Gasteiger partial charge on any atom is 0.227 e. The van der Waals surface area contributed by atoms with Gasteiger partial charge in [-0.15, -0.1) is 0 Å². The number of carbonyl (C=O) groups excluding carboxylic acids is 1. The predicted octanol–water partition coefficient (Wildman–Crippen LogP) is 0.773. The largest absolute Gasteiger partial charge is 0.373 e. The Bertz CT molecular complexity index is 96.2. The van der Waals surface area contributed by atoms with Gasteiger partial charge in [0.15, 0.2) is 0 Å². The minimum Gasteiger partial charge on any atom is -0.373 e. The summed E-state index contributed by atoms with van der Waals surface area (Å²) in [7, 11) is 0. The highest BCUT2D eigenvalue weighted by atomic mass is 127. The highest BCUT2D eigenvalue weighted by Gasteiger charge is 1.79. The van der Waals surface area contributed by atoms with Crippen molar-refractivity contribution >= 4 is 28.5 Å². The molecule has 0 radical (unpaired) electrons. The van der Waals surface area contributed by atoms with E-state index in [9.17, 15) is 4.79 Å². The van der Waals surface area contributed by atoms with Gasteiger partial charge in [-0.05, 0) is 0 Å². The molecule has 46 valence electrons. The van der Waals surface area contributed by atoms with Crippen molar-refractivity contribution < 1.29 is 4.79 Å². The molecule has 0 aliphatic rings. The molecule has 0 bridgehead atoms. The Morgan fingerprint density at radius 3 is 1.88 bits per heavy atom. The number of carbonyl (C=O) groups is 1. The van der Waals surface area contributed by atoms with Gasteiger partial charge in [0.1, 0.15) is 0 Å². The highest BCUT2D eigenvalue weighted by molar-refractivity contribution is 14.1. The molecule has 0 rings (SSSR count). The molecular formula is C2H4IN4O-. The van der Waals surface area contributed by atoms with Crippen LogP contribution in [-0.2, 0) is 4.79 Å². The van der Waals surface area contributed by atoms with E-state index in [2.05, 4.69) is 5.73 Å². The summed E-state index contributed by atoms with van der Waals surface area (Å²) in [4.78, 5) is 11.1. The van der Waals surface area contributed by atoms with E-state index in [-0.39, 0.29) is 5.91 Å². The summed E-state index contributed by atoms with van der Waals surface area (Å²) in [6, 6.07) is 0. The Hall–Kier alpha value is -0.490. The molecular weight excluding hydrogens is 223 g/mol. The number of amides is 1. The van der Waals surface area contributed by atoms with E-state index in [1.807, 2.05) is 22.6 Å². The Morgan fingerprint density at radius 1 is 1.75 bits per heavy atom. The zero-order chi connectivity index (χ0) is 6.99. The maximum atomic E-state index is 9.58. The van der Waals surface area contributed by atoms with Gasteiger partial charge in [0, 0.05) is 0 Å². The van der Waals surface area contributed by atoms with Gasteiger partial charge < -0.3 is 16.8 Å². The minimum atomic E-state index is -0.259. The molecule has 6 heteroatoms. The second-order valence-corrected chi connectivity index (χ2v) is 1.45. The molecule has 0 aliphatic carbocycles. The van der Waals surface area contributed by atoms with Crippen LogP contribution < -0.4 is 5.73 Å². The lowest BCUT2D eigenvalue weighted by atomic mass is 10.8. The van der Waals surface area contributed by atoms with E-state index in [4.69, 9.17) is 11.1 Å². The van der Waals surface area contributed by atoms with Gasteiger partial charge in [-0.1, -0.05) is 22.6 Å². The molecule has 0 fully saturated rings. The topological polar surface area (TPSA) is 102 Å². The van der Waals surface area contributed by atoms with Gasteiger partial charge in [0.25, 0.3) is 0 Å². The molecule has 0 unspecified atom stereocenters. The summed E-state index contributed by atoms with van der Waals surface area (Å²) >= 11 is 1.90. The van der Waals surface area contributed by atoms with Crippen LogP contribution >= 0.6 is 22.6 Å². The molecule has 0 saturated carbocycles. The third-order valence-corrected chi connectivity index (χ3v) is 0.884. The van der Waals surface area contributed by atoms with Crippen molar-refractivity contribution in [3.8, 4) is 0 Å². The minimum absolute atomic E-state index is 0.259. The van der Waals surface area contributed by atoms with E-state index in [0.29, 0.717) is 4.43 Å². The van der Waals surface area contributed by atoms with Gasteiger partial charge in [0.2, 0.25) is 5.91 Å². The van der Waals surface area contributed by atoms with Crippen LogP contribution in [0.4, 0.5) is 0 Å². The number of alkyl halides is 1. The average molecular weight is 227 g/mol. The number of nitrogens with zero attached hydrogens (tertiary/aromatic N) is 3. The Kier molecular flexibility index (Phi) is 12.7. The van der Waals surface area contributed by atoms with Gasteiger partial charge in [0.05, 0.1) is 4.43 Å². The molecule has 1 amide bonds. The van der Waals surface area contributed by atoms with Crippen LogP contribution in [0, 0.1) is 0 Å². The van der Waals surface area contributed by atoms with Crippen molar-refractivity contribution in [1.29, 1.82) is 0 Å². The fourth-order valence-corrected chi connectivity index (χ4v) is 0. The van der Waals surface area contributed by atoms with Crippen molar-refractivity contribution in [2.45, 2.75) is 0 Å². The lowest BCUT2D eigenvalue weighted by Crippen LogP contribution is -2.10. The predicted molar refractivity (Wildman–Crippen MR) is 38.2 cm³/mol. The summed E-state index contributed by atoms with van der Waals surface area (Å²) in [5.74, 6) is -0.259. The fourth-order valence-electron chi connectivity index (χ4n) is 0. The first-order valence-corrected chi connectivity index (χ1v) is 3.04. The molecule has 2 N–H and O–H groups in total. The first-order valence-electron chi connectivity index (χ1n) is 1.51. The van der Waals surface area contributed by atoms with Crippen LogP contribution in [-0.4, -0.2) is 10.3 Å². The third kappa shape index (κ3) is 49.2. The lowest BCUT2D eigenvalue weighted by Gasteiger charge is -1.71. The van der Waals surface area contributed by atoms with Crippen molar-refractivity contribution in [3.05, 3.63) is 16.0 Å². The summed E-state index contributed by atoms with van der Waals surface area (Å²) < 4.78 is 0.414. The average Bonchev–Trinajstić information content (AvgIpc) is 1.69. The molecule has 0 aromatic rings. The second kappa shape index (κ2) is 9.72. The standard InChI is InChI=1S/C2H4INO.N3/c3-1-2(4)5;1-3-2/h1H2,(H2,4,5);/q;-1. The molecule has 8 heavy (non-hydrogen) atoms. The van der Waals surface area contributed by atoms with Crippen LogP contribution in [0.5, 0.6) is 0 Å². The Morgan fingerprint density at radius 2 is 1.88 bits per heavy atom. The Balaban J connectivity index is 0. The first kappa shape index (κ1) is 10.5. The van der Waals surface area contributed by atoms with Crippen LogP contribution in [0.25, 0.3) is 16.0 Å². The summed E-state index contributed by atoms with van der Waals surface area (Å²) in [6.07, 6.45) is 0. The van der Waals surface area contributed by atoms with E-state index in [0.717, 1.165) is 0 Å². The fraction of sp³-hybridized carbons (Fsp3) is 0.500. The zero-order valence-corrected chi connectivity index (χ0v) is 6.07. The first-order chi connectivity index (χ1) is 3.68. The van der Waals surface area contributed by atoms with Crippen molar-refractivity contribution in [2.24, 2.45) is 5.73 Å². The summed E-state index contributed by atoms with van der Waals surface area (Å²) in [5, 5.41) is 0. The van der Waals surface area contributed by atoms with E-state index >= 15 is 0 Å². The quantitative estimate of drug-likeness (QED) is 0.231. The van der Waals surface area contributed by atoms with Gasteiger partial charge >= 0.3 is 0 Å². The van der Waals surface area contributed by atoms with E-state index in [1.165, 1.54) is 4.91 Å². The molecule has 5 nitrogen and oxygen atoms in total. The number of rotatable bonds is 1. The lowest BCUT2D eigenvalue weighted by molar-refractivity contribution is -0.115. The smallest absolute Gasteiger partial charge is 0.227 e. The van der Waals surface area contributed by atoms with Crippen LogP contribution in [0.1, 0.15) is 0 Å². The summed E-state index contributed by atoms with van der Waals surface area (Å²) in [5.41, 5.74) is 18.1. The number of nitrogens with two attached hydrogens (primary N) is 1. The van der Waals surface area contributed by atoms with Crippen molar-refractivity contribution in [2.75, 3.05) is 4.43 Å². The molecule has 0 saturated heterocycles. The van der Waals surface area contributed by atoms with Gasteiger partial charge in [-0.3, -0.25) is 9.71 Å². The number of halogens is 1. The third-order valence-electron chi connectivity index (χ3n) is 0.132. The van der Waals surface area contributed by atoms with Crippen molar-refractivity contribution in [1.82, 2.24) is 0 Å². The monoisotopic (exact) mass is 227 g/mol. The van der Waals surface area contributed by atoms with Crippen LogP contribution in [0.3, 0.4) is 0 Å². The second-order valence-electron chi connectivity index (χ2n) is 0.689. The number of hydrogen-bond donors (Lipinski definition) is 1. The highest BCUT2D eigenvalue weighted by Crippen LogP contribution is 1.72. The normalized spacial score (nSPS) is 5.62. The van der Waals surface area contributed by atoms with Crippen molar-refractivity contribution in [3.63, 3.8) is 0 Å². The molecule has 0 spiro atoms. The zero-order valence-electron chi connectivity index (χ0n) is 3.91. The molecule has 0 atom stereocenters. The number of primary amides is 1. The maximum absolute atomic E-state index is 9.58. The molecule has 0 aromatic heterocycles. The molecule has 0 aliphatic heterocycles. The number of hydrogen-bond acceptors (Lipinski definition) is 1. The van der Waals surface area contributed by atoms with Crippen LogP contribution in [0.15, 0.2) is 0 Å². The summed E-state index contributed by atoms with van der Waals surface area (Å²) in [6.45, 7) is 0. The van der Waals surface area contributed by atoms with Gasteiger partial charge in [-0.25, -0.2) is 0 Å². The van der Waals surface area contributed by atoms with E-state index in [1.54, 1.807) is 0 Å². The Labute approximate surface area is 59.8 Å². The SMILES string of the molecule is NC(=O)CI.[N-]=[N+]=[N-].